The van der Waals surface area contributed by atoms with Gasteiger partial charge in [0.1, 0.15) is 0 Å². The topological polar surface area (TPSA) is 44.4 Å². The molecule has 20 heavy (non-hydrogen) atoms. The summed E-state index contributed by atoms with van der Waals surface area (Å²) < 4.78 is 0. The van der Waals surface area contributed by atoms with Crippen molar-refractivity contribution in [1.29, 1.82) is 0 Å². The summed E-state index contributed by atoms with van der Waals surface area (Å²) in [7, 11) is 0. The third kappa shape index (κ3) is 3.73. The summed E-state index contributed by atoms with van der Waals surface area (Å²) >= 11 is 0. The van der Waals surface area contributed by atoms with Crippen LogP contribution in [0.15, 0.2) is 18.2 Å². The lowest BCUT2D eigenvalue weighted by atomic mass is 9.99. The van der Waals surface area contributed by atoms with Gasteiger partial charge in [-0.1, -0.05) is 26.0 Å². The van der Waals surface area contributed by atoms with Crippen molar-refractivity contribution in [2.75, 3.05) is 31.1 Å². The lowest BCUT2D eigenvalue weighted by Crippen LogP contribution is -2.44. The highest BCUT2D eigenvalue weighted by Gasteiger charge is 2.15. The smallest absolute Gasteiger partial charge is 0.217 e. The van der Waals surface area contributed by atoms with Crippen molar-refractivity contribution in [1.82, 2.24) is 10.6 Å². The second-order valence-electron chi connectivity index (χ2n) is 5.69. The number of benzene rings is 1. The molecule has 0 aromatic heterocycles. The minimum absolute atomic E-state index is 0.0196. The van der Waals surface area contributed by atoms with E-state index in [2.05, 4.69) is 47.6 Å². The monoisotopic (exact) mass is 275 g/mol. The molecule has 2 N–H and O–H groups in total. The van der Waals surface area contributed by atoms with Crippen LogP contribution in [0.5, 0.6) is 0 Å². The maximum absolute atomic E-state index is 11.2. The van der Waals surface area contributed by atoms with Crippen molar-refractivity contribution in [2.45, 2.75) is 33.2 Å². The quantitative estimate of drug-likeness (QED) is 0.881. The highest BCUT2D eigenvalue weighted by molar-refractivity contribution is 5.73. The average Bonchev–Trinajstić information content (AvgIpc) is 2.45. The van der Waals surface area contributed by atoms with E-state index < -0.39 is 0 Å². The van der Waals surface area contributed by atoms with Crippen molar-refractivity contribution in [3.8, 4) is 0 Å². The number of hydrogen-bond donors (Lipinski definition) is 2. The Labute approximate surface area is 121 Å². The van der Waals surface area contributed by atoms with Gasteiger partial charge in [-0.15, -0.1) is 0 Å². The number of nitrogens with one attached hydrogen (secondary N) is 2. The maximum Gasteiger partial charge on any atom is 0.217 e. The molecule has 1 aliphatic rings. The Morgan fingerprint density at radius 2 is 2.05 bits per heavy atom. The Hall–Kier alpha value is -1.55. The number of carbonyl (C=O) groups is 1. The summed E-state index contributed by atoms with van der Waals surface area (Å²) in [5.74, 6) is 0.523. The molecule has 1 aromatic carbocycles. The van der Waals surface area contributed by atoms with Gasteiger partial charge in [-0.05, 0) is 23.1 Å². The molecule has 0 bridgehead atoms. The molecular weight excluding hydrogens is 250 g/mol. The molecule has 110 valence electrons. The third-order valence-corrected chi connectivity index (χ3v) is 3.76. The van der Waals surface area contributed by atoms with Crippen LogP contribution in [0.2, 0.25) is 0 Å². The highest BCUT2D eigenvalue weighted by Crippen LogP contribution is 2.26. The SMILES string of the molecule is CC(=O)NCc1cc(C(C)C)ccc1N1CCNCC1. The van der Waals surface area contributed by atoms with Crippen LogP contribution in [0.3, 0.4) is 0 Å². The van der Waals surface area contributed by atoms with Crippen molar-refractivity contribution >= 4 is 11.6 Å². The Morgan fingerprint density at radius 1 is 1.35 bits per heavy atom. The number of carbonyl (C=O) groups excluding carboxylic acids is 1. The van der Waals surface area contributed by atoms with E-state index in [1.54, 1.807) is 6.92 Å². The third-order valence-electron chi connectivity index (χ3n) is 3.76. The van der Waals surface area contributed by atoms with E-state index in [9.17, 15) is 4.79 Å². The van der Waals surface area contributed by atoms with E-state index >= 15 is 0 Å². The summed E-state index contributed by atoms with van der Waals surface area (Å²) in [6, 6.07) is 6.65. The first-order valence-electron chi connectivity index (χ1n) is 7.41. The van der Waals surface area contributed by atoms with Crippen molar-refractivity contribution < 1.29 is 4.79 Å². The Kier molecular flexibility index (Phi) is 5.01. The van der Waals surface area contributed by atoms with Crippen LogP contribution in [0.1, 0.15) is 37.8 Å². The summed E-state index contributed by atoms with van der Waals surface area (Å²) in [6.45, 7) is 10.6. The molecule has 2 rings (SSSR count). The molecule has 0 atom stereocenters. The fraction of sp³-hybridized carbons (Fsp3) is 0.562. The molecule has 4 heteroatoms. The molecule has 0 radical (unpaired) electrons. The summed E-state index contributed by atoms with van der Waals surface area (Å²) in [5, 5.41) is 6.30. The largest absolute Gasteiger partial charge is 0.369 e. The number of rotatable bonds is 4. The van der Waals surface area contributed by atoms with E-state index in [4.69, 9.17) is 0 Å². The molecule has 0 aliphatic carbocycles. The molecule has 0 saturated carbocycles. The standard InChI is InChI=1S/C16H25N3O/c1-12(2)14-4-5-16(19-8-6-17-7-9-19)15(10-14)11-18-13(3)20/h4-5,10,12,17H,6-9,11H2,1-3H3,(H,18,20). The molecular formula is C16H25N3O. The molecule has 1 saturated heterocycles. The molecule has 1 aromatic rings. The predicted octanol–water partition coefficient (Wildman–Crippen LogP) is 1.86. The van der Waals surface area contributed by atoms with Gasteiger partial charge in [-0.25, -0.2) is 0 Å². The zero-order valence-corrected chi connectivity index (χ0v) is 12.7. The maximum atomic E-state index is 11.2. The van der Waals surface area contributed by atoms with Crippen LogP contribution in [0.4, 0.5) is 5.69 Å². The zero-order valence-electron chi connectivity index (χ0n) is 12.7. The van der Waals surface area contributed by atoms with Gasteiger partial charge in [0.25, 0.3) is 0 Å². The molecule has 0 spiro atoms. The molecule has 1 heterocycles. The molecule has 0 unspecified atom stereocenters. The first kappa shape index (κ1) is 14.9. The van der Waals surface area contributed by atoms with Crippen molar-refractivity contribution in [3.63, 3.8) is 0 Å². The van der Waals surface area contributed by atoms with E-state index in [1.165, 1.54) is 16.8 Å². The second kappa shape index (κ2) is 6.75. The van der Waals surface area contributed by atoms with Gasteiger partial charge >= 0.3 is 0 Å². The Balaban J connectivity index is 2.25. The molecule has 1 amide bonds. The van der Waals surface area contributed by atoms with Gasteiger partial charge in [0, 0.05) is 45.3 Å². The van der Waals surface area contributed by atoms with Crippen LogP contribution < -0.4 is 15.5 Å². The molecule has 1 fully saturated rings. The molecule has 4 nitrogen and oxygen atoms in total. The van der Waals surface area contributed by atoms with Gasteiger partial charge < -0.3 is 15.5 Å². The van der Waals surface area contributed by atoms with Crippen LogP contribution in [0.25, 0.3) is 0 Å². The Bertz CT molecular complexity index is 465. The van der Waals surface area contributed by atoms with Gasteiger partial charge in [-0.2, -0.15) is 0 Å². The van der Waals surface area contributed by atoms with Crippen LogP contribution in [0, 0.1) is 0 Å². The number of piperazine rings is 1. The van der Waals surface area contributed by atoms with Gasteiger partial charge in [0.2, 0.25) is 5.91 Å². The number of anilines is 1. The van der Waals surface area contributed by atoms with Gasteiger partial charge in [0.15, 0.2) is 0 Å². The summed E-state index contributed by atoms with van der Waals surface area (Å²) in [6.07, 6.45) is 0. The lowest BCUT2D eigenvalue weighted by molar-refractivity contribution is -0.119. The first-order valence-corrected chi connectivity index (χ1v) is 7.41. The number of hydrogen-bond acceptors (Lipinski definition) is 3. The van der Waals surface area contributed by atoms with E-state index in [0.29, 0.717) is 12.5 Å². The minimum atomic E-state index is 0.0196. The lowest BCUT2D eigenvalue weighted by Gasteiger charge is -2.31. The normalized spacial score (nSPS) is 15.5. The van der Waals surface area contributed by atoms with Crippen molar-refractivity contribution in [2.24, 2.45) is 0 Å². The average molecular weight is 275 g/mol. The van der Waals surface area contributed by atoms with Crippen LogP contribution in [-0.4, -0.2) is 32.1 Å². The van der Waals surface area contributed by atoms with Crippen molar-refractivity contribution in [3.05, 3.63) is 29.3 Å². The zero-order chi connectivity index (χ0) is 14.5. The van der Waals surface area contributed by atoms with E-state index in [-0.39, 0.29) is 5.91 Å². The summed E-state index contributed by atoms with van der Waals surface area (Å²) in [5.41, 5.74) is 3.79. The van der Waals surface area contributed by atoms with Crippen LogP contribution in [-0.2, 0) is 11.3 Å². The fourth-order valence-corrected chi connectivity index (χ4v) is 2.54. The first-order chi connectivity index (χ1) is 9.58. The van der Waals surface area contributed by atoms with Crippen LogP contribution >= 0.6 is 0 Å². The Morgan fingerprint density at radius 3 is 2.65 bits per heavy atom. The second-order valence-corrected chi connectivity index (χ2v) is 5.69. The highest BCUT2D eigenvalue weighted by atomic mass is 16.1. The van der Waals surface area contributed by atoms with E-state index in [1.807, 2.05) is 0 Å². The van der Waals surface area contributed by atoms with Gasteiger partial charge in [-0.3, -0.25) is 4.79 Å². The minimum Gasteiger partial charge on any atom is -0.369 e. The number of nitrogens with zero attached hydrogens (tertiary/aromatic N) is 1. The van der Waals surface area contributed by atoms with E-state index in [0.717, 1.165) is 26.2 Å². The predicted molar refractivity (Wildman–Crippen MR) is 83.1 cm³/mol. The molecule has 1 aliphatic heterocycles. The van der Waals surface area contributed by atoms with Gasteiger partial charge in [0.05, 0.1) is 0 Å². The number of amides is 1. The fourth-order valence-electron chi connectivity index (χ4n) is 2.54. The summed E-state index contributed by atoms with van der Waals surface area (Å²) in [4.78, 5) is 13.6.